The first kappa shape index (κ1) is 34.8. The van der Waals surface area contributed by atoms with Gasteiger partial charge in [0.25, 0.3) is 0 Å². The Labute approximate surface area is 268 Å². The topological polar surface area (TPSA) is 195 Å². The van der Waals surface area contributed by atoms with Crippen LogP contribution in [0.1, 0.15) is 64.5 Å². The summed E-state index contributed by atoms with van der Waals surface area (Å²) in [6.07, 6.45) is 1.26. The third-order valence-corrected chi connectivity index (χ3v) is 8.64. The zero-order chi connectivity index (χ0) is 33.4. The summed E-state index contributed by atoms with van der Waals surface area (Å²) in [5.41, 5.74) is 0.659. The van der Waals surface area contributed by atoms with E-state index in [1.54, 1.807) is 30.3 Å². The second-order valence-corrected chi connectivity index (χ2v) is 12.7. The van der Waals surface area contributed by atoms with Gasteiger partial charge in [0.2, 0.25) is 35.4 Å². The molecule has 3 fully saturated rings. The van der Waals surface area contributed by atoms with Gasteiger partial charge in [-0.25, -0.2) is 0 Å². The largest absolute Gasteiger partial charge is 0.394 e. The van der Waals surface area contributed by atoms with E-state index in [0.29, 0.717) is 31.6 Å². The van der Waals surface area contributed by atoms with Crippen LogP contribution in [0.15, 0.2) is 30.3 Å². The van der Waals surface area contributed by atoms with Crippen molar-refractivity contribution in [3.05, 3.63) is 35.9 Å². The summed E-state index contributed by atoms with van der Waals surface area (Å²) in [6.45, 7) is 5.40. The maximum absolute atomic E-state index is 13.8. The second kappa shape index (κ2) is 16.0. The minimum Gasteiger partial charge on any atom is -0.394 e. The van der Waals surface area contributed by atoms with Crippen LogP contribution in [-0.4, -0.2) is 102 Å². The monoisotopic (exact) mass is 642 g/mol. The Morgan fingerprint density at radius 3 is 2.30 bits per heavy atom. The molecular formula is C32H46N6O8. The molecule has 6 N–H and O–H groups in total. The minimum absolute atomic E-state index is 0.0119. The van der Waals surface area contributed by atoms with Crippen LogP contribution in [0.4, 0.5) is 0 Å². The highest BCUT2D eigenvalue weighted by Gasteiger charge is 2.44. The minimum atomic E-state index is -1.41. The van der Waals surface area contributed by atoms with Crippen LogP contribution >= 0.6 is 0 Å². The first-order chi connectivity index (χ1) is 22.0. The molecule has 0 spiro atoms. The molecule has 0 saturated carbocycles. The molecule has 14 nitrogen and oxygen atoms in total. The zero-order valence-electron chi connectivity index (χ0n) is 26.6. The predicted molar refractivity (Wildman–Crippen MR) is 166 cm³/mol. The number of aliphatic hydroxyl groups excluding tert-OH is 1. The quantitative estimate of drug-likeness (QED) is 0.234. The molecule has 14 heteroatoms. The van der Waals surface area contributed by atoms with Gasteiger partial charge in [-0.15, -0.1) is 0 Å². The van der Waals surface area contributed by atoms with Crippen molar-refractivity contribution >= 4 is 35.4 Å². The van der Waals surface area contributed by atoms with Crippen molar-refractivity contribution in [2.75, 3.05) is 26.4 Å². The van der Waals surface area contributed by atoms with Gasteiger partial charge in [-0.2, -0.15) is 0 Å². The first-order valence-electron chi connectivity index (χ1n) is 16.0. The van der Waals surface area contributed by atoms with Crippen LogP contribution in [0.3, 0.4) is 0 Å². The van der Waals surface area contributed by atoms with Crippen LogP contribution in [0, 0.1) is 11.8 Å². The number of rotatable bonds is 6. The summed E-state index contributed by atoms with van der Waals surface area (Å²) in [4.78, 5) is 81.7. The molecule has 0 aromatic heterocycles. The fraction of sp³-hybridized carbons (Fsp3) is 0.625. The van der Waals surface area contributed by atoms with E-state index in [1.807, 2.05) is 13.8 Å². The number of benzene rings is 1. The molecule has 3 aliphatic rings. The number of hydrogen-bond acceptors (Lipinski definition) is 8. The van der Waals surface area contributed by atoms with Gasteiger partial charge in [0.05, 0.1) is 19.1 Å². The van der Waals surface area contributed by atoms with Crippen molar-refractivity contribution in [3.63, 3.8) is 0 Å². The standard InChI is InChI=1S/C32H46N6O8/c1-18(2)13-24-30(43)37-25(17-39)32(45)38-16-22(34-29(42)21-9-11-46-12-10-21)14-26(38)31(44)33-19(3)28(41)36-23(15-27(40)35-24)20-7-5-4-6-8-20/h4-8,18-19,21-26,39H,9-17H2,1-3H3,(H,33,44)(H,34,42)(H,35,40)(H,36,41)(H,37,43)/t19-,22-,23-,24-,25-,26-/m0/s1. The van der Waals surface area contributed by atoms with E-state index in [4.69, 9.17) is 4.74 Å². The van der Waals surface area contributed by atoms with E-state index in [0.717, 1.165) is 0 Å². The Hall–Kier alpha value is -4.04. The lowest BCUT2D eigenvalue weighted by Gasteiger charge is -2.30. The maximum Gasteiger partial charge on any atom is 0.248 e. The molecular weight excluding hydrogens is 596 g/mol. The van der Waals surface area contributed by atoms with Gasteiger partial charge in [0, 0.05) is 31.7 Å². The smallest absolute Gasteiger partial charge is 0.248 e. The lowest BCUT2D eigenvalue weighted by Crippen LogP contribution is -2.59. The third-order valence-electron chi connectivity index (χ3n) is 8.64. The molecule has 4 rings (SSSR count). The van der Waals surface area contributed by atoms with Crippen LogP contribution in [0.25, 0.3) is 0 Å². The SMILES string of the molecule is CC(C)C[C@@H]1NC(=O)C[C@@H](c2ccccc2)NC(=O)[C@H](C)NC(=O)[C@@H]2C[C@H](NC(=O)C3CCOCC3)CN2C(=O)[C@H](CO)NC1=O. The van der Waals surface area contributed by atoms with Crippen molar-refractivity contribution in [1.82, 2.24) is 31.5 Å². The number of fused-ring (bicyclic) bond motifs is 1. The zero-order valence-corrected chi connectivity index (χ0v) is 26.6. The van der Waals surface area contributed by atoms with E-state index < -0.39 is 72.4 Å². The second-order valence-electron chi connectivity index (χ2n) is 12.7. The van der Waals surface area contributed by atoms with Gasteiger partial charge >= 0.3 is 0 Å². The molecule has 6 amide bonds. The number of nitrogens with one attached hydrogen (secondary N) is 5. The molecule has 252 valence electrons. The van der Waals surface area contributed by atoms with Crippen molar-refractivity contribution in [3.8, 4) is 0 Å². The molecule has 1 aromatic rings. The van der Waals surface area contributed by atoms with Crippen LogP contribution in [-0.2, 0) is 33.5 Å². The molecule has 0 unspecified atom stereocenters. The molecule has 0 bridgehead atoms. The van der Waals surface area contributed by atoms with Crippen molar-refractivity contribution in [1.29, 1.82) is 0 Å². The summed E-state index contributed by atoms with van der Waals surface area (Å²) >= 11 is 0. The number of nitrogens with zero attached hydrogens (tertiary/aromatic N) is 1. The predicted octanol–water partition coefficient (Wildman–Crippen LogP) is -0.727. The Bertz CT molecular complexity index is 1270. The number of carbonyl (C=O) groups is 6. The van der Waals surface area contributed by atoms with E-state index in [-0.39, 0.29) is 43.6 Å². The van der Waals surface area contributed by atoms with E-state index in [2.05, 4.69) is 26.6 Å². The normalized spacial score (nSPS) is 29.0. The molecule has 0 radical (unpaired) electrons. The van der Waals surface area contributed by atoms with Crippen LogP contribution < -0.4 is 26.6 Å². The summed E-state index contributed by atoms with van der Waals surface area (Å²) < 4.78 is 5.35. The fourth-order valence-electron chi connectivity index (χ4n) is 6.12. The molecule has 3 saturated heterocycles. The Morgan fingerprint density at radius 2 is 1.65 bits per heavy atom. The van der Waals surface area contributed by atoms with Gasteiger partial charge in [0.1, 0.15) is 24.2 Å². The molecule has 3 aliphatic heterocycles. The average Bonchev–Trinajstić information content (AvgIpc) is 3.46. The van der Waals surface area contributed by atoms with Crippen molar-refractivity contribution in [2.45, 2.75) is 89.1 Å². The highest BCUT2D eigenvalue weighted by Crippen LogP contribution is 2.23. The summed E-state index contributed by atoms with van der Waals surface area (Å²) in [5, 5.41) is 24.0. The highest BCUT2D eigenvalue weighted by molar-refractivity contribution is 5.96. The summed E-state index contributed by atoms with van der Waals surface area (Å²) in [6, 6.07) is 2.98. The van der Waals surface area contributed by atoms with Crippen molar-refractivity contribution in [2.24, 2.45) is 11.8 Å². The van der Waals surface area contributed by atoms with Gasteiger partial charge in [-0.05, 0) is 44.1 Å². The Kier molecular flexibility index (Phi) is 12.1. The lowest BCUT2D eigenvalue weighted by atomic mass is 9.99. The number of amides is 6. The molecule has 0 aliphatic carbocycles. The van der Waals surface area contributed by atoms with Gasteiger partial charge in [-0.1, -0.05) is 44.2 Å². The maximum atomic E-state index is 13.8. The van der Waals surface area contributed by atoms with E-state index >= 15 is 0 Å². The van der Waals surface area contributed by atoms with E-state index in [1.165, 1.54) is 11.8 Å². The van der Waals surface area contributed by atoms with Crippen LogP contribution in [0.5, 0.6) is 0 Å². The van der Waals surface area contributed by atoms with Gasteiger partial charge < -0.3 is 41.3 Å². The number of aliphatic hydroxyl groups is 1. The average molecular weight is 643 g/mol. The van der Waals surface area contributed by atoms with Crippen LogP contribution in [0.2, 0.25) is 0 Å². The fourth-order valence-corrected chi connectivity index (χ4v) is 6.12. The summed E-state index contributed by atoms with van der Waals surface area (Å²) in [7, 11) is 0. The third kappa shape index (κ3) is 9.03. The van der Waals surface area contributed by atoms with Gasteiger partial charge in [0.15, 0.2) is 0 Å². The molecule has 3 heterocycles. The van der Waals surface area contributed by atoms with Crippen molar-refractivity contribution < 1.29 is 38.6 Å². The summed E-state index contributed by atoms with van der Waals surface area (Å²) in [5.74, 6) is -3.52. The number of carbonyl (C=O) groups excluding carboxylic acids is 6. The van der Waals surface area contributed by atoms with Gasteiger partial charge in [-0.3, -0.25) is 28.8 Å². The molecule has 46 heavy (non-hydrogen) atoms. The molecule has 6 atom stereocenters. The Morgan fingerprint density at radius 1 is 0.957 bits per heavy atom. The number of ether oxygens (including phenoxy) is 1. The first-order valence-corrected chi connectivity index (χ1v) is 16.0. The lowest BCUT2D eigenvalue weighted by molar-refractivity contribution is -0.143. The van der Waals surface area contributed by atoms with E-state index in [9.17, 15) is 33.9 Å². The highest BCUT2D eigenvalue weighted by atomic mass is 16.5. The molecule has 1 aromatic carbocycles. The Balaban J connectivity index is 1.63. The number of hydrogen-bond donors (Lipinski definition) is 6.